The van der Waals surface area contributed by atoms with Gasteiger partial charge in [0.1, 0.15) is 0 Å². The average molecular weight is 247 g/mol. The van der Waals surface area contributed by atoms with E-state index in [1.807, 2.05) is 18.2 Å². The molecule has 2 aromatic rings. The number of anilines is 2. The third-order valence-electron chi connectivity index (χ3n) is 3.50. The molecule has 0 saturated carbocycles. The van der Waals surface area contributed by atoms with Gasteiger partial charge in [-0.3, -0.25) is 0 Å². The van der Waals surface area contributed by atoms with E-state index in [0.717, 1.165) is 22.9 Å². The molecule has 0 spiro atoms. The molecule has 1 aromatic carbocycles. The fourth-order valence-corrected chi connectivity index (χ4v) is 3.68. The molecule has 0 amide bonds. The zero-order valence-electron chi connectivity index (χ0n) is 10.0. The van der Waals surface area contributed by atoms with Gasteiger partial charge in [0.05, 0.1) is 10.2 Å². The van der Waals surface area contributed by atoms with Crippen molar-refractivity contribution in [2.24, 2.45) is 0 Å². The van der Waals surface area contributed by atoms with Crippen LogP contribution in [0.5, 0.6) is 0 Å². The Morgan fingerprint density at radius 1 is 1.53 bits per heavy atom. The molecular weight excluding hydrogens is 230 g/mol. The quantitative estimate of drug-likeness (QED) is 0.828. The summed E-state index contributed by atoms with van der Waals surface area (Å²) in [5.41, 5.74) is 7.70. The first-order chi connectivity index (χ1) is 8.28. The van der Waals surface area contributed by atoms with Crippen LogP contribution in [0.3, 0.4) is 0 Å². The Kier molecular flexibility index (Phi) is 2.67. The molecule has 0 aliphatic carbocycles. The Labute approximate surface area is 105 Å². The molecule has 1 aliphatic heterocycles. The lowest BCUT2D eigenvalue weighted by Crippen LogP contribution is -2.28. The molecule has 17 heavy (non-hydrogen) atoms. The highest BCUT2D eigenvalue weighted by molar-refractivity contribution is 7.22. The maximum Gasteiger partial charge on any atom is 0.186 e. The third-order valence-corrected chi connectivity index (χ3v) is 4.55. The first-order valence-electron chi connectivity index (χ1n) is 6.20. The van der Waals surface area contributed by atoms with Gasteiger partial charge in [-0.1, -0.05) is 18.3 Å². The summed E-state index contributed by atoms with van der Waals surface area (Å²) < 4.78 is 1.20. The summed E-state index contributed by atoms with van der Waals surface area (Å²) in [5.74, 6) is 0. The van der Waals surface area contributed by atoms with Crippen molar-refractivity contribution in [1.29, 1.82) is 0 Å². The van der Waals surface area contributed by atoms with E-state index in [0.29, 0.717) is 6.04 Å². The van der Waals surface area contributed by atoms with Crippen molar-refractivity contribution in [2.45, 2.75) is 32.2 Å². The first kappa shape index (κ1) is 10.8. The van der Waals surface area contributed by atoms with Crippen LogP contribution in [0, 0.1) is 0 Å². The number of hydrogen-bond acceptors (Lipinski definition) is 4. The van der Waals surface area contributed by atoms with Crippen LogP contribution in [0.1, 0.15) is 26.2 Å². The van der Waals surface area contributed by atoms with Crippen LogP contribution >= 0.6 is 11.3 Å². The summed E-state index contributed by atoms with van der Waals surface area (Å²) >= 11 is 1.76. The lowest BCUT2D eigenvalue weighted by Gasteiger charge is -2.22. The summed E-state index contributed by atoms with van der Waals surface area (Å²) in [7, 11) is 0. The molecule has 1 saturated heterocycles. The van der Waals surface area contributed by atoms with Gasteiger partial charge in [0, 0.05) is 18.3 Å². The smallest absolute Gasteiger partial charge is 0.186 e. The number of hydrogen-bond donors (Lipinski definition) is 1. The van der Waals surface area contributed by atoms with Gasteiger partial charge < -0.3 is 10.6 Å². The second-order valence-electron chi connectivity index (χ2n) is 4.62. The van der Waals surface area contributed by atoms with E-state index >= 15 is 0 Å². The molecule has 4 heteroatoms. The minimum absolute atomic E-state index is 0.674. The zero-order valence-corrected chi connectivity index (χ0v) is 10.8. The summed E-state index contributed by atoms with van der Waals surface area (Å²) in [4.78, 5) is 7.18. The van der Waals surface area contributed by atoms with Gasteiger partial charge in [0.2, 0.25) is 0 Å². The van der Waals surface area contributed by atoms with Crippen LogP contribution in [-0.4, -0.2) is 17.6 Å². The van der Waals surface area contributed by atoms with Gasteiger partial charge in [-0.05, 0) is 37.5 Å². The maximum absolute atomic E-state index is 5.81. The molecule has 1 aliphatic rings. The van der Waals surface area contributed by atoms with Crippen LogP contribution in [0.15, 0.2) is 18.2 Å². The van der Waals surface area contributed by atoms with Crippen molar-refractivity contribution in [3.63, 3.8) is 0 Å². The lowest BCUT2D eigenvalue weighted by atomic mass is 10.2. The van der Waals surface area contributed by atoms with Crippen molar-refractivity contribution >= 4 is 32.4 Å². The minimum Gasteiger partial charge on any atom is -0.399 e. The Morgan fingerprint density at radius 2 is 2.41 bits per heavy atom. The van der Waals surface area contributed by atoms with Crippen LogP contribution in [-0.2, 0) is 0 Å². The van der Waals surface area contributed by atoms with E-state index in [4.69, 9.17) is 10.7 Å². The second kappa shape index (κ2) is 4.18. The van der Waals surface area contributed by atoms with E-state index in [9.17, 15) is 0 Å². The summed E-state index contributed by atoms with van der Waals surface area (Å²) in [5, 5.41) is 1.16. The molecule has 3 rings (SSSR count). The SMILES string of the molecule is CCC1CCCN1c1nc2ccc(N)cc2s1. The number of thiazole rings is 1. The summed E-state index contributed by atoms with van der Waals surface area (Å²) in [6.45, 7) is 3.40. The maximum atomic E-state index is 5.81. The number of nitrogen functional groups attached to an aromatic ring is 1. The van der Waals surface area contributed by atoms with E-state index in [2.05, 4.69) is 11.8 Å². The van der Waals surface area contributed by atoms with E-state index in [1.54, 1.807) is 11.3 Å². The van der Waals surface area contributed by atoms with Crippen LogP contribution < -0.4 is 10.6 Å². The molecule has 0 radical (unpaired) electrons. The van der Waals surface area contributed by atoms with Crippen molar-refractivity contribution in [3.05, 3.63) is 18.2 Å². The van der Waals surface area contributed by atoms with Crippen molar-refractivity contribution in [2.75, 3.05) is 17.2 Å². The van der Waals surface area contributed by atoms with Crippen LogP contribution in [0.25, 0.3) is 10.2 Å². The topological polar surface area (TPSA) is 42.2 Å². The Balaban J connectivity index is 2.00. The number of fused-ring (bicyclic) bond motifs is 1. The van der Waals surface area contributed by atoms with Gasteiger partial charge in [0.15, 0.2) is 5.13 Å². The molecule has 1 fully saturated rings. The van der Waals surface area contributed by atoms with E-state index in [-0.39, 0.29) is 0 Å². The normalized spacial score (nSPS) is 20.3. The molecule has 0 bridgehead atoms. The average Bonchev–Trinajstić information content (AvgIpc) is 2.93. The number of rotatable bonds is 2. The van der Waals surface area contributed by atoms with Crippen molar-refractivity contribution in [1.82, 2.24) is 4.98 Å². The number of nitrogens with zero attached hydrogens (tertiary/aromatic N) is 2. The Morgan fingerprint density at radius 3 is 3.24 bits per heavy atom. The summed E-state index contributed by atoms with van der Waals surface area (Å²) in [6.07, 6.45) is 3.79. The molecule has 2 heterocycles. The van der Waals surface area contributed by atoms with Gasteiger partial charge in [-0.2, -0.15) is 0 Å². The lowest BCUT2D eigenvalue weighted by molar-refractivity contribution is 0.645. The zero-order chi connectivity index (χ0) is 11.8. The van der Waals surface area contributed by atoms with Crippen molar-refractivity contribution < 1.29 is 0 Å². The standard InChI is InChI=1S/C13H17N3S/c1-2-10-4-3-7-16(10)13-15-11-6-5-9(14)8-12(11)17-13/h5-6,8,10H,2-4,7,14H2,1H3. The second-order valence-corrected chi connectivity index (χ2v) is 5.63. The van der Waals surface area contributed by atoms with Gasteiger partial charge >= 0.3 is 0 Å². The molecule has 3 nitrogen and oxygen atoms in total. The molecule has 90 valence electrons. The predicted octanol–water partition coefficient (Wildman–Crippen LogP) is 3.26. The largest absolute Gasteiger partial charge is 0.399 e. The third kappa shape index (κ3) is 1.86. The Bertz CT molecular complexity index is 534. The number of benzene rings is 1. The monoisotopic (exact) mass is 247 g/mol. The molecule has 1 aromatic heterocycles. The fourth-order valence-electron chi connectivity index (χ4n) is 2.56. The van der Waals surface area contributed by atoms with Gasteiger partial charge in [-0.25, -0.2) is 4.98 Å². The molecule has 1 unspecified atom stereocenters. The van der Waals surface area contributed by atoms with Gasteiger partial charge in [-0.15, -0.1) is 0 Å². The number of nitrogens with two attached hydrogens (primary N) is 1. The minimum atomic E-state index is 0.674. The number of aromatic nitrogens is 1. The van der Waals surface area contributed by atoms with E-state index < -0.39 is 0 Å². The Hall–Kier alpha value is -1.29. The van der Waals surface area contributed by atoms with E-state index in [1.165, 1.54) is 24.0 Å². The molecule has 2 N–H and O–H groups in total. The molecular formula is C13H17N3S. The highest BCUT2D eigenvalue weighted by Gasteiger charge is 2.25. The fraction of sp³-hybridized carbons (Fsp3) is 0.462. The van der Waals surface area contributed by atoms with Crippen LogP contribution in [0.2, 0.25) is 0 Å². The molecule has 1 atom stereocenters. The van der Waals surface area contributed by atoms with Crippen molar-refractivity contribution in [3.8, 4) is 0 Å². The first-order valence-corrected chi connectivity index (χ1v) is 7.02. The highest BCUT2D eigenvalue weighted by Crippen LogP contribution is 2.34. The highest BCUT2D eigenvalue weighted by atomic mass is 32.1. The predicted molar refractivity (Wildman–Crippen MR) is 74.7 cm³/mol. The summed E-state index contributed by atoms with van der Waals surface area (Å²) in [6, 6.07) is 6.63. The van der Waals surface area contributed by atoms with Gasteiger partial charge in [0.25, 0.3) is 0 Å². The van der Waals surface area contributed by atoms with Crippen LogP contribution in [0.4, 0.5) is 10.8 Å².